The van der Waals surface area contributed by atoms with Crippen molar-refractivity contribution in [3.05, 3.63) is 79.5 Å². The number of methoxy groups -OCH3 is 2. The predicted molar refractivity (Wildman–Crippen MR) is 176 cm³/mol. The molecule has 0 bridgehead atoms. The zero-order valence-corrected chi connectivity index (χ0v) is 26.2. The van der Waals surface area contributed by atoms with Gasteiger partial charge >= 0.3 is 0 Å². The number of aromatic nitrogens is 2. The second-order valence-electron chi connectivity index (χ2n) is 8.38. The van der Waals surface area contributed by atoms with Crippen LogP contribution in [0.5, 0.6) is 11.5 Å². The molecule has 228 valence electrons. The number of anilines is 3. The Morgan fingerprint density at radius 1 is 1.07 bits per heavy atom. The lowest BCUT2D eigenvalue weighted by Crippen LogP contribution is -2.25. The van der Waals surface area contributed by atoms with Crippen molar-refractivity contribution in [2.75, 3.05) is 43.1 Å². The van der Waals surface area contributed by atoms with Crippen LogP contribution in [0.3, 0.4) is 0 Å². The molecule has 11 heteroatoms. The number of nitrogens with two attached hydrogens (primary N) is 1. The van der Waals surface area contributed by atoms with Gasteiger partial charge in [-0.05, 0) is 31.0 Å². The number of fused-ring (bicyclic) bond motifs is 1. The van der Waals surface area contributed by atoms with Crippen LogP contribution in [0, 0.1) is 5.92 Å². The number of rotatable bonds is 14. The summed E-state index contributed by atoms with van der Waals surface area (Å²) in [7, 11) is 1.75. The Morgan fingerprint density at radius 3 is 2.19 bits per heavy atom. The summed E-state index contributed by atoms with van der Waals surface area (Å²) in [5.41, 5.74) is 7.41. The van der Waals surface area contributed by atoms with Crippen molar-refractivity contribution >= 4 is 45.1 Å². The van der Waals surface area contributed by atoms with Crippen LogP contribution in [-0.4, -0.2) is 53.0 Å². The van der Waals surface area contributed by atoms with Gasteiger partial charge in [0, 0.05) is 36.3 Å². The molecule has 0 amide bonds. The molecule has 0 saturated heterocycles. The summed E-state index contributed by atoms with van der Waals surface area (Å²) in [6.45, 7) is 13.1. The van der Waals surface area contributed by atoms with Crippen molar-refractivity contribution in [3.8, 4) is 11.5 Å². The fourth-order valence-electron chi connectivity index (χ4n) is 3.26. The van der Waals surface area contributed by atoms with Gasteiger partial charge in [0.15, 0.2) is 17.4 Å². The standard InChI is InChI=1S/C19H21N5O3S.C10H17NO.C2H6/c1-26-14-10-13(11-15(12-14)27-2)21-18-19(24-28(25)9-5-8-20)23-17-7-4-3-6-16(17)22-18;1-4-6-7-10(12)9(3)8-11-5-2;1-2/h3-8,10-12H,9,20H2,1-2H3,(H,21,22)(H,23,24);4,6-7,9,11H,1,5,8H2,2-3H3;1-2H3/b8-5+;7-6-;. The second kappa shape index (κ2) is 20.6. The fraction of sp³-hybridized carbons (Fsp3) is 0.323. The molecule has 2 unspecified atom stereocenters. The van der Waals surface area contributed by atoms with E-state index < -0.39 is 11.0 Å². The van der Waals surface area contributed by atoms with Gasteiger partial charge in [-0.2, -0.15) is 0 Å². The molecular formula is C31H44N6O4S. The third kappa shape index (κ3) is 12.5. The molecule has 0 aliphatic carbocycles. The van der Waals surface area contributed by atoms with Gasteiger partial charge in [-0.1, -0.05) is 64.6 Å². The lowest BCUT2D eigenvalue weighted by Gasteiger charge is -2.14. The number of carbonyl (C=O) groups excluding carboxylic acids is 1. The van der Waals surface area contributed by atoms with Gasteiger partial charge in [0.25, 0.3) is 0 Å². The summed E-state index contributed by atoms with van der Waals surface area (Å²) in [6, 6.07) is 12.8. The third-order valence-corrected chi connectivity index (χ3v) is 6.28. The zero-order chi connectivity index (χ0) is 31.3. The van der Waals surface area contributed by atoms with Crippen LogP contribution in [0.25, 0.3) is 11.0 Å². The number of ether oxygens (including phenoxy) is 2. The number of para-hydroxylation sites is 2. The molecule has 2 atom stereocenters. The summed E-state index contributed by atoms with van der Waals surface area (Å²) < 4.78 is 25.8. The largest absolute Gasteiger partial charge is 0.497 e. The minimum absolute atomic E-state index is 0.0566. The molecule has 1 heterocycles. The van der Waals surface area contributed by atoms with E-state index in [0.29, 0.717) is 39.9 Å². The number of nitrogens with one attached hydrogen (secondary N) is 3. The third-order valence-electron chi connectivity index (χ3n) is 5.36. The first-order valence-electron chi connectivity index (χ1n) is 13.7. The van der Waals surface area contributed by atoms with E-state index in [4.69, 9.17) is 15.2 Å². The molecule has 0 radical (unpaired) electrons. The van der Waals surface area contributed by atoms with E-state index >= 15 is 0 Å². The summed E-state index contributed by atoms with van der Waals surface area (Å²) >= 11 is 0. The molecule has 0 aliphatic rings. The number of benzene rings is 2. The number of hydrogen-bond acceptors (Lipinski definition) is 9. The first-order valence-corrected chi connectivity index (χ1v) is 15.0. The van der Waals surface area contributed by atoms with E-state index in [1.807, 2.05) is 52.0 Å². The zero-order valence-electron chi connectivity index (χ0n) is 25.3. The molecule has 5 N–H and O–H groups in total. The van der Waals surface area contributed by atoms with Crippen LogP contribution in [0.15, 0.2) is 79.5 Å². The average molecular weight is 597 g/mol. The van der Waals surface area contributed by atoms with E-state index in [-0.39, 0.29) is 17.5 Å². The number of hydrogen-bond donors (Lipinski definition) is 4. The Bertz CT molecular complexity index is 1320. The van der Waals surface area contributed by atoms with Crippen molar-refractivity contribution < 1.29 is 18.5 Å². The van der Waals surface area contributed by atoms with E-state index in [2.05, 4.69) is 31.9 Å². The van der Waals surface area contributed by atoms with Gasteiger partial charge in [-0.3, -0.25) is 9.52 Å². The first-order chi connectivity index (χ1) is 20.3. The van der Waals surface area contributed by atoms with E-state index in [0.717, 1.165) is 13.1 Å². The minimum atomic E-state index is -1.40. The minimum Gasteiger partial charge on any atom is -0.497 e. The Kier molecular flexibility index (Phi) is 17.6. The van der Waals surface area contributed by atoms with Gasteiger partial charge in [0.2, 0.25) is 0 Å². The Labute approximate surface area is 252 Å². The van der Waals surface area contributed by atoms with Gasteiger partial charge in [0.05, 0.1) is 31.0 Å². The number of ketones is 1. The van der Waals surface area contributed by atoms with Gasteiger partial charge in [-0.15, -0.1) is 0 Å². The highest BCUT2D eigenvalue weighted by molar-refractivity contribution is 7.86. The maximum Gasteiger partial charge on any atom is 0.182 e. The molecule has 2 aromatic carbocycles. The van der Waals surface area contributed by atoms with Gasteiger partial charge < -0.3 is 25.8 Å². The highest BCUT2D eigenvalue weighted by Crippen LogP contribution is 2.30. The normalized spacial score (nSPS) is 12.0. The molecule has 3 aromatic rings. The maximum absolute atomic E-state index is 12.3. The van der Waals surface area contributed by atoms with Crippen molar-refractivity contribution in [1.82, 2.24) is 15.3 Å². The summed E-state index contributed by atoms with van der Waals surface area (Å²) in [4.78, 5) is 20.4. The van der Waals surface area contributed by atoms with Gasteiger partial charge in [0.1, 0.15) is 22.5 Å². The number of nitrogens with zero attached hydrogens (tertiary/aromatic N) is 2. The van der Waals surface area contributed by atoms with Crippen LogP contribution < -0.4 is 30.6 Å². The van der Waals surface area contributed by atoms with Crippen LogP contribution >= 0.6 is 0 Å². The smallest absolute Gasteiger partial charge is 0.182 e. The fourth-order valence-corrected chi connectivity index (χ4v) is 3.98. The van der Waals surface area contributed by atoms with Gasteiger partial charge in [-0.25, -0.2) is 14.2 Å². The predicted octanol–water partition coefficient (Wildman–Crippen LogP) is 5.51. The molecule has 10 nitrogen and oxygen atoms in total. The SMILES string of the molecule is C=C/C=C\C(=O)C(C)CNCC.CC.COc1cc(Nc2nc3ccccc3nc2NS(=O)C/C=C/N)cc(OC)c1. The van der Waals surface area contributed by atoms with Crippen molar-refractivity contribution in [1.29, 1.82) is 0 Å². The Balaban J connectivity index is 0.000000532. The molecule has 0 aliphatic heterocycles. The summed E-state index contributed by atoms with van der Waals surface area (Å²) in [6.07, 6.45) is 7.81. The molecule has 1 aromatic heterocycles. The lowest BCUT2D eigenvalue weighted by atomic mass is 10.1. The Hall–Kier alpha value is -4.22. The molecule has 0 spiro atoms. The van der Waals surface area contributed by atoms with Crippen LogP contribution in [0.1, 0.15) is 27.7 Å². The maximum atomic E-state index is 12.3. The number of carbonyl (C=O) groups is 1. The van der Waals surface area contributed by atoms with Crippen LogP contribution in [0.2, 0.25) is 0 Å². The average Bonchev–Trinajstić information content (AvgIpc) is 3.02. The van der Waals surface area contributed by atoms with Crippen LogP contribution in [0.4, 0.5) is 17.3 Å². The monoisotopic (exact) mass is 596 g/mol. The number of allylic oxidation sites excluding steroid dienone is 3. The molecule has 3 rings (SSSR count). The molecule has 0 fully saturated rings. The molecule has 42 heavy (non-hydrogen) atoms. The van der Waals surface area contributed by atoms with E-state index in [1.165, 1.54) is 6.20 Å². The first kappa shape index (κ1) is 35.8. The van der Waals surface area contributed by atoms with Crippen molar-refractivity contribution in [2.45, 2.75) is 27.7 Å². The highest BCUT2D eigenvalue weighted by atomic mass is 32.2. The van der Waals surface area contributed by atoms with E-state index in [1.54, 1.807) is 56.7 Å². The van der Waals surface area contributed by atoms with Crippen LogP contribution in [-0.2, 0) is 15.8 Å². The second-order valence-corrected chi connectivity index (χ2v) is 9.61. The highest BCUT2D eigenvalue weighted by Gasteiger charge is 2.13. The summed E-state index contributed by atoms with van der Waals surface area (Å²) in [5, 5.41) is 6.33. The van der Waals surface area contributed by atoms with E-state index in [9.17, 15) is 9.00 Å². The molecular weight excluding hydrogens is 552 g/mol. The topological polar surface area (TPSA) is 140 Å². The van der Waals surface area contributed by atoms with Crippen molar-refractivity contribution in [2.24, 2.45) is 11.7 Å². The van der Waals surface area contributed by atoms with Crippen molar-refractivity contribution in [3.63, 3.8) is 0 Å². The summed E-state index contributed by atoms with van der Waals surface area (Å²) in [5.74, 6) is 2.50. The quantitative estimate of drug-likeness (QED) is 0.140. The molecule has 0 saturated carbocycles. The Morgan fingerprint density at radius 2 is 1.67 bits per heavy atom. The lowest BCUT2D eigenvalue weighted by molar-refractivity contribution is -0.117.